The van der Waals surface area contributed by atoms with E-state index in [0.29, 0.717) is 5.69 Å². The van der Waals surface area contributed by atoms with Gasteiger partial charge in [-0.05, 0) is 54.6 Å². The van der Waals surface area contributed by atoms with E-state index in [1.165, 1.54) is 18.5 Å². The Morgan fingerprint density at radius 1 is 0.964 bits per heavy atom. The van der Waals surface area contributed by atoms with Gasteiger partial charge >= 0.3 is 6.03 Å². The molecular weight excluding hydrogens is 424 g/mol. The van der Waals surface area contributed by atoms with Crippen molar-refractivity contribution in [2.75, 3.05) is 4.90 Å². The number of imide groups is 2. The fourth-order valence-electron chi connectivity index (χ4n) is 2.87. The Labute approximate surface area is 168 Å². The van der Waals surface area contributed by atoms with E-state index in [1.54, 1.807) is 18.2 Å². The van der Waals surface area contributed by atoms with Crippen molar-refractivity contribution in [3.63, 3.8) is 0 Å². The highest BCUT2D eigenvalue weighted by Gasteiger charge is 2.37. The number of nitrogens with zero attached hydrogens (tertiary/aromatic N) is 3. The van der Waals surface area contributed by atoms with Gasteiger partial charge in [0.05, 0.1) is 11.9 Å². The largest absolute Gasteiger partial charge is 0.336 e. The maximum atomic E-state index is 12.9. The summed E-state index contributed by atoms with van der Waals surface area (Å²) in [5, 5.41) is 2.20. The van der Waals surface area contributed by atoms with Gasteiger partial charge in [-0.15, -0.1) is 0 Å². The minimum atomic E-state index is -0.802. The van der Waals surface area contributed by atoms with Crippen molar-refractivity contribution in [3.05, 3.63) is 82.9 Å². The molecule has 7 nitrogen and oxygen atoms in total. The van der Waals surface area contributed by atoms with Crippen molar-refractivity contribution in [2.45, 2.75) is 0 Å². The minimum Gasteiger partial charge on any atom is -0.317 e. The zero-order valence-electron chi connectivity index (χ0n) is 14.4. The number of anilines is 1. The van der Waals surface area contributed by atoms with E-state index in [0.717, 1.165) is 15.1 Å². The third kappa shape index (κ3) is 3.25. The van der Waals surface area contributed by atoms with Crippen LogP contribution < -0.4 is 10.2 Å². The first kappa shape index (κ1) is 17.9. The van der Waals surface area contributed by atoms with Crippen molar-refractivity contribution >= 4 is 45.5 Å². The summed E-state index contributed by atoms with van der Waals surface area (Å²) >= 11 is 3.40. The Bertz CT molecular complexity index is 1100. The quantitative estimate of drug-likeness (QED) is 0.504. The number of benzene rings is 1. The number of aromatic nitrogens is 2. The number of nitrogens with one attached hydrogen (secondary N) is 1. The molecular formula is C20H13BrN4O3. The molecule has 0 unspecified atom stereocenters. The summed E-state index contributed by atoms with van der Waals surface area (Å²) in [7, 11) is 0. The van der Waals surface area contributed by atoms with Gasteiger partial charge in [-0.3, -0.25) is 19.9 Å². The second-order valence-electron chi connectivity index (χ2n) is 5.95. The van der Waals surface area contributed by atoms with Crippen molar-refractivity contribution in [1.29, 1.82) is 0 Å². The molecule has 0 saturated carbocycles. The average molecular weight is 437 g/mol. The molecule has 0 radical (unpaired) electrons. The molecule has 0 atom stereocenters. The summed E-state index contributed by atoms with van der Waals surface area (Å²) in [5.74, 6) is -1.44. The van der Waals surface area contributed by atoms with E-state index < -0.39 is 17.8 Å². The lowest BCUT2D eigenvalue weighted by molar-refractivity contribution is -0.122. The van der Waals surface area contributed by atoms with Crippen molar-refractivity contribution in [3.8, 4) is 5.69 Å². The van der Waals surface area contributed by atoms with E-state index in [9.17, 15) is 14.4 Å². The Hall–Kier alpha value is -3.52. The van der Waals surface area contributed by atoms with Gasteiger partial charge in [0.1, 0.15) is 5.57 Å². The standard InChI is InChI=1S/C20H13BrN4O3/c21-13-5-7-14(8-6-13)24-10-2-4-15(24)11-17-18(26)23-20(28)25(19(17)27)16-3-1-9-22-12-16/h1-12H,(H,23,26,28). The molecule has 4 amide bonds. The molecule has 3 aromatic rings. The second kappa shape index (κ2) is 7.24. The molecule has 4 rings (SSSR count). The first-order valence-electron chi connectivity index (χ1n) is 8.29. The highest BCUT2D eigenvalue weighted by molar-refractivity contribution is 9.10. The zero-order valence-corrected chi connectivity index (χ0v) is 16.0. The molecule has 3 heterocycles. The van der Waals surface area contributed by atoms with Crippen LogP contribution in [0.3, 0.4) is 0 Å². The predicted octanol–water partition coefficient (Wildman–Crippen LogP) is 3.30. The van der Waals surface area contributed by atoms with E-state index >= 15 is 0 Å². The Morgan fingerprint density at radius 3 is 2.46 bits per heavy atom. The third-order valence-electron chi connectivity index (χ3n) is 4.18. The van der Waals surface area contributed by atoms with Crippen LogP contribution >= 0.6 is 15.9 Å². The molecule has 8 heteroatoms. The molecule has 28 heavy (non-hydrogen) atoms. The molecule has 0 spiro atoms. The lowest BCUT2D eigenvalue weighted by Gasteiger charge is -2.26. The number of amides is 4. The molecule has 1 N–H and O–H groups in total. The van der Waals surface area contributed by atoms with Crippen LogP contribution in [-0.4, -0.2) is 27.4 Å². The van der Waals surface area contributed by atoms with Gasteiger partial charge in [-0.2, -0.15) is 0 Å². The number of rotatable bonds is 3. The van der Waals surface area contributed by atoms with Gasteiger partial charge in [0, 0.05) is 28.2 Å². The summed E-state index contributed by atoms with van der Waals surface area (Å²) in [4.78, 5) is 42.2. The summed E-state index contributed by atoms with van der Waals surface area (Å²) < 4.78 is 2.78. The number of hydrogen-bond acceptors (Lipinski definition) is 4. The number of pyridine rings is 1. The molecule has 1 aromatic carbocycles. The van der Waals surface area contributed by atoms with Crippen LogP contribution in [0.2, 0.25) is 0 Å². The molecule has 2 aromatic heterocycles. The Morgan fingerprint density at radius 2 is 1.75 bits per heavy atom. The van der Waals surface area contributed by atoms with Gasteiger partial charge in [0.15, 0.2) is 0 Å². The summed E-state index contributed by atoms with van der Waals surface area (Å²) in [5.41, 5.74) is 1.64. The molecule has 1 aliphatic rings. The van der Waals surface area contributed by atoms with Crippen LogP contribution in [0, 0.1) is 0 Å². The lowest BCUT2D eigenvalue weighted by atomic mass is 10.1. The molecule has 0 bridgehead atoms. The molecule has 1 saturated heterocycles. The van der Waals surface area contributed by atoms with E-state index in [4.69, 9.17) is 0 Å². The van der Waals surface area contributed by atoms with Gasteiger partial charge in [-0.1, -0.05) is 15.9 Å². The van der Waals surface area contributed by atoms with Gasteiger partial charge in [-0.25, -0.2) is 9.69 Å². The molecule has 138 valence electrons. The molecule has 1 fully saturated rings. The summed E-state index contributed by atoms with van der Waals surface area (Å²) in [6.07, 6.45) is 6.21. The van der Waals surface area contributed by atoms with Crippen molar-refractivity contribution < 1.29 is 14.4 Å². The smallest absolute Gasteiger partial charge is 0.317 e. The highest BCUT2D eigenvalue weighted by atomic mass is 79.9. The molecule has 1 aliphatic heterocycles. The van der Waals surface area contributed by atoms with Gasteiger partial charge in [0.25, 0.3) is 11.8 Å². The summed E-state index contributed by atoms with van der Waals surface area (Å²) in [6.45, 7) is 0. The van der Waals surface area contributed by atoms with Crippen molar-refractivity contribution in [2.24, 2.45) is 0 Å². The van der Waals surface area contributed by atoms with Crippen molar-refractivity contribution in [1.82, 2.24) is 14.9 Å². The highest BCUT2D eigenvalue weighted by Crippen LogP contribution is 2.23. The Kier molecular flexibility index (Phi) is 4.62. The monoisotopic (exact) mass is 436 g/mol. The number of carbonyl (C=O) groups is 3. The Balaban J connectivity index is 1.74. The topological polar surface area (TPSA) is 84.3 Å². The second-order valence-corrected chi connectivity index (χ2v) is 6.86. The average Bonchev–Trinajstić information content (AvgIpc) is 3.15. The van der Waals surface area contributed by atoms with Crippen LogP contribution in [0.4, 0.5) is 10.5 Å². The summed E-state index contributed by atoms with van der Waals surface area (Å²) in [6, 6.07) is 13.6. The van der Waals surface area contributed by atoms with Crippen LogP contribution in [0.5, 0.6) is 0 Å². The number of urea groups is 1. The fraction of sp³-hybridized carbons (Fsp3) is 0. The van der Waals surface area contributed by atoms with Crippen LogP contribution in [0.25, 0.3) is 11.8 Å². The number of barbiturate groups is 1. The normalized spacial score (nSPS) is 15.8. The zero-order chi connectivity index (χ0) is 19.7. The van der Waals surface area contributed by atoms with E-state index in [1.807, 2.05) is 41.1 Å². The van der Waals surface area contributed by atoms with Gasteiger partial charge in [0.2, 0.25) is 0 Å². The minimum absolute atomic E-state index is 0.138. The van der Waals surface area contributed by atoms with Gasteiger partial charge < -0.3 is 4.57 Å². The van der Waals surface area contributed by atoms with Crippen LogP contribution in [0.1, 0.15) is 5.69 Å². The number of carbonyl (C=O) groups excluding carboxylic acids is 3. The number of halogens is 1. The maximum Gasteiger partial charge on any atom is 0.336 e. The maximum absolute atomic E-state index is 12.9. The fourth-order valence-corrected chi connectivity index (χ4v) is 3.14. The SMILES string of the molecule is O=C1NC(=O)N(c2cccnc2)C(=O)C1=Cc1cccn1-c1ccc(Br)cc1. The van der Waals surface area contributed by atoms with E-state index in [2.05, 4.69) is 26.2 Å². The molecule has 0 aliphatic carbocycles. The first-order chi connectivity index (χ1) is 13.5. The third-order valence-corrected chi connectivity index (χ3v) is 4.71. The van der Waals surface area contributed by atoms with E-state index in [-0.39, 0.29) is 11.3 Å². The predicted molar refractivity (Wildman–Crippen MR) is 107 cm³/mol. The first-order valence-corrected chi connectivity index (χ1v) is 9.09. The lowest BCUT2D eigenvalue weighted by Crippen LogP contribution is -2.54. The van der Waals surface area contributed by atoms with Crippen LogP contribution in [-0.2, 0) is 9.59 Å². The van der Waals surface area contributed by atoms with Crippen LogP contribution in [0.15, 0.2) is 77.2 Å². The number of hydrogen-bond donors (Lipinski definition) is 1.